The summed E-state index contributed by atoms with van der Waals surface area (Å²) < 4.78 is 4.82. The number of H-pyrrole nitrogens is 1. The lowest BCUT2D eigenvalue weighted by atomic mass is 9.95. The van der Waals surface area contributed by atoms with Crippen LogP contribution in [0, 0.1) is 6.92 Å². The molecule has 1 unspecified atom stereocenters. The number of esters is 1. The lowest BCUT2D eigenvalue weighted by Crippen LogP contribution is -2.29. The van der Waals surface area contributed by atoms with Gasteiger partial charge in [0.1, 0.15) is 12.4 Å². The number of benzene rings is 1. The third-order valence-corrected chi connectivity index (χ3v) is 5.00. The van der Waals surface area contributed by atoms with E-state index in [0.717, 1.165) is 16.5 Å². The van der Waals surface area contributed by atoms with Crippen molar-refractivity contribution in [2.75, 3.05) is 0 Å². The normalized spacial score (nSPS) is 16.3. The fraction of sp³-hybridized carbons (Fsp3) is 0.250. The molecule has 0 bridgehead atoms. The van der Waals surface area contributed by atoms with Gasteiger partial charge in [-0.15, -0.1) is 0 Å². The van der Waals surface area contributed by atoms with Crippen LogP contribution in [0.1, 0.15) is 35.3 Å². The minimum Gasteiger partial charge on any atom is -0.508 e. The van der Waals surface area contributed by atoms with Gasteiger partial charge in [0.2, 0.25) is 0 Å². The van der Waals surface area contributed by atoms with Gasteiger partial charge in [-0.2, -0.15) is 0 Å². The zero-order chi connectivity index (χ0) is 19.3. The standard InChI is InChI=1S/C20H18N2O5/c1-3-11-9(2)17(21-15-5-4-10(23)6-12(11)15)16-7-13-14(19(25)22-16)8-27-20(26)18(13)24/h4-7,18,23-24H,3,8H2,1-2H3,(H,22,25). The van der Waals surface area contributed by atoms with Gasteiger partial charge < -0.3 is 19.9 Å². The Labute approximate surface area is 154 Å². The van der Waals surface area contributed by atoms with Gasteiger partial charge in [-0.25, -0.2) is 9.78 Å². The van der Waals surface area contributed by atoms with Gasteiger partial charge in [0.15, 0.2) is 6.10 Å². The number of aromatic amines is 1. The number of fused-ring (bicyclic) bond motifs is 2. The number of aromatic nitrogens is 2. The number of rotatable bonds is 2. The second-order valence-corrected chi connectivity index (χ2v) is 6.58. The van der Waals surface area contributed by atoms with Crippen molar-refractivity contribution in [3.05, 3.63) is 56.9 Å². The van der Waals surface area contributed by atoms with Crippen molar-refractivity contribution < 1.29 is 19.7 Å². The number of carbonyl (C=O) groups excluding carboxylic acids is 1. The maximum Gasteiger partial charge on any atom is 0.340 e. The molecule has 0 saturated carbocycles. The molecular weight excluding hydrogens is 348 g/mol. The molecule has 0 radical (unpaired) electrons. The fourth-order valence-electron chi connectivity index (χ4n) is 3.61. The van der Waals surface area contributed by atoms with E-state index in [1.165, 1.54) is 0 Å². The minimum absolute atomic E-state index is 0.162. The highest BCUT2D eigenvalue weighted by Crippen LogP contribution is 2.32. The summed E-state index contributed by atoms with van der Waals surface area (Å²) in [6.07, 6.45) is -0.774. The summed E-state index contributed by atoms with van der Waals surface area (Å²) in [5, 5.41) is 20.8. The summed E-state index contributed by atoms with van der Waals surface area (Å²) in [4.78, 5) is 31.6. The van der Waals surface area contributed by atoms with Crippen molar-refractivity contribution in [2.24, 2.45) is 0 Å². The number of nitrogens with zero attached hydrogens (tertiary/aromatic N) is 1. The monoisotopic (exact) mass is 366 g/mol. The van der Waals surface area contributed by atoms with E-state index in [9.17, 15) is 19.8 Å². The molecule has 1 aliphatic rings. The molecule has 0 spiro atoms. The molecule has 0 saturated heterocycles. The van der Waals surface area contributed by atoms with Gasteiger partial charge >= 0.3 is 5.97 Å². The van der Waals surface area contributed by atoms with Crippen molar-refractivity contribution in [3.8, 4) is 17.1 Å². The zero-order valence-electron chi connectivity index (χ0n) is 14.9. The number of aliphatic hydroxyl groups is 1. The topological polar surface area (TPSA) is 113 Å². The van der Waals surface area contributed by atoms with Crippen LogP contribution in [0.2, 0.25) is 0 Å². The Morgan fingerprint density at radius 2 is 2.07 bits per heavy atom. The predicted octanol–water partition coefficient (Wildman–Crippen LogP) is 2.26. The molecule has 1 aliphatic heterocycles. The van der Waals surface area contributed by atoms with Crippen molar-refractivity contribution in [2.45, 2.75) is 33.0 Å². The minimum atomic E-state index is -1.49. The molecule has 1 aromatic carbocycles. The second kappa shape index (κ2) is 6.21. The van der Waals surface area contributed by atoms with Crippen LogP contribution in [-0.2, 0) is 22.6 Å². The molecule has 138 valence electrons. The highest BCUT2D eigenvalue weighted by atomic mass is 16.5. The number of ether oxygens (including phenoxy) is 1. The van der Waals surface area contributed by atoms with Crippen LogP contribution in [0.15, 0.2) is 29.1 Å². The number of pyridine rings is 2. The molecule has 4 rings (SSSR count). The Balaban J connectivity index is 1.99. The van der Waals surface area contributed by atoms with Gasteiger partial charge in [-0.05, 0) is 48.7 Å². The Bertz CT molecular complexity index is 1150. The Morgan fingerprint density at radius 3 is 2.81 bits per heavy atom. The van der Waals surface area contributed by atoms with Crippen LogP contribution in [0.4, 0.5) is 0 Å². The van der Waals surface area contributed by atoms with Crippen molar-refractivity contribution in [3.63, 3.8) is 0 Å². The van der Waals surface area contributed by atoms with Crippen molar-refractivity contribution in [1.82, 2.24) is 9.97 Å². The van der Waals surface area contributed by atoms with E-state index < -0.39 is 17.6 Å². The predicted molar refractivity (Wildman–Crippen MR) is 98.3 cm³/mol. The average molecular weight is 366 g/mol. The largest absolute Gasteiger partial charge is 0.508 e. The van der Waals surface area contributed by atoms with Crippen LogP contribution in [-0.4, -0.2) is 26.2 Å². The van der Waals surface area contributed by atoms with Gasteiger partial charge in [0.25, 0.3) is 5.56 Å². The number of hydrogen-bond donors (Lipinski definition) is 3. The molecule has 3 heterocycles. The smallest absolute Gasteiger partial charge is 0.340 e. The molecule has 7 nitrogen and oxygen atoms in total. The summed E-state index contributed by atoms with van der Waals surface area (Å²) >= 11 is 0. The number of cyclic esters (lactones) is 1. The highest BCUT2D eigenvalue weighted by Gasteiger charge is 2.30. The number of aromatic hydroxyl groups is 1. The third-order valence-electron chi connectivity index (χ3n) is 5.00. The maximum absolute atomic E-state index is 12.5. The van der Waals surface area contributed by atoms with Gasteiger partial charge in [0.05, 0.1) is 22.5 Å². The van der Waals surface area contributed by atoms with E-state index in [-0.39, 0.29) is 23.5 Å². The average Bonchev–Trinajstić information content (AvgIpc) is 2.64. The third kappa shape index (κ3) is 2.67. The molecule has 0 amide bonds. The molecule has 2 aromatic heterocycles. The first-order valence-electron chi connectivity index (χ1n) is 8.64. The highest BCUT2D eigenvalue weighted by molar-refractivity contribution is 5.88. The molecular formula is C20H18N2O5. The Morgan fingerprint density at radius 1 is 1.30 bits per heavy atom. The fourth-order valence-corrected chi connectivity index (χ4v) is 3.61. The van der Waals surface area contributed by atoms with Crippen LogP contribution in [0.25, 0.3) is 22.3 Å². The molecule has 3 aromatic rings. The summed E-state index contributed by atoms with van der Waals surface area (Å²) in [7, 11) is 0. The van der Waals surface area contributed by atoms with E-state index in [0.29, 0.717) is 23.3 Å². The quantitative estimate of drug-likeness (QED) is 0.600. The van der Waals surface area contributed by atoms with Crippen LogP contribution >= 0.6 is 0 Å². The van der Waals surface area contributed by atoms with E-state index in [2.05, 4.69) is 9.97 Å². The van der Waals surface area contributed by atoms with Crippen LogP contribution in [0.3, 0.4) is 0 Å². The summed E-state index contributed by atoms with van der Waals surface area (Å²) in [6, 6.07) is 6.54. The summed E-state index contributed by atoms with van der Waals surface area (Å²) in [5.74, 6) is -0.609. The lowest BCUT2D eigenvalue weighted by Gasteiger charge is -2.21. The number of nitrogens with one attached hydrogen (secondary N) is 1. The second-order valence-electron chi connectivity index (χ2n) is 6.58. The SMILES string of the molecule is CCc1c(C)c(-c2cc3c(c(=O)[nH]2)COC(=O)C3O)nc2ccc(O)cc12. The number of aryl methyl sites for hydroxylation is 1. The van der Waals surface area contributed by atoms with E-state index in [1.54, 1.807) is 24.3 Å². The Kier molecular flexibility index (Phi) is 3.96. The van der Waals surface area contributed by atoms with E-state index in [4.69, 9.17) is 4.74 Å². The van der Waals surface area contributed by atoms with Gasteiger partial charge in [0, 0.05) is 10.9 Å². The number of hydrogen-bond acceptors (Lipinski definition) is 6. The molecule has 27 heavy (non-hydrogen) atoms. The van der Waals surface area contributed by atoms with Crippen molar-refractivity contribution >= 4 is 16.9 Å². The van der Waals surface area contributed by atoms with Crippen LogP contribution in [0.5, 0.6) is 5.75 Å². The van der Waals surface area contributed by atoms with E-state index >= 15 is 0 Å². The number of phenols is 1. The first-order chi connectivity index (χ1) is 12.9. The summed E-state index contributed by atoms with van der Waals surface area (Å²) in [5.41, 5.74) is 3.61. The van der Waals surface area contributed by atoms with Gasteiger partial charge in [-0.1, -0.05) is 6.92 Å². The molecule has 0 fully saturated rings. The van der Waals surface area contributed by atoms with Gasteiger partial charge in [-0.3, -0.25) is 4.79 Å². The lowest BCUT2D eigenvalue weighted by molar-refractivity contribution is -0.157. The number of carbonyl (C=O) groups is 1. The molecule has 7 heteroatoms. The molecule has 3 N–H and O–H groups in total. The number of phenolic OH excluding ortho intramolecular Hbond substituents is 1. The Hall–Kier alpha value is -3.19. The maximum atomic E-state index is 12.5. The first-order valence-corrected chi connectivity index (χ1v) is 8.64. The first kappa shape index (κ1) is 17.2. The van der Waals surface area contributed by atoms with Crippen molar-refractivity contribution in [1.29, 1.82) is 0 Å². The zero-order valence-corrected chi connectivity index (χ0v) is 14.9. The van der Waals surface area contributed by atoms with E-state index in [1.807, 2.05) is 13.8 Å². The molecule has 1 atom stereocenters. The van der Waals surface area contributed by atoms with Crippen LogP contribution < -0.4 is 5.56 Å². The molecule has 0 aliphatic carbocycles. The number of aliphatic hydroxyl groups excluding tert-OH is 1. The summed E-state index contributed by atoms with van der Waals surface area (Å²) in [6.45, 7) is 3.74.